The Morgan fingerprint density at radius 2 is 1.89 bits per heavy atom. The smallest absolute Gasteiger partial charge is 0.271 e. The Morgan fingerprint density at radius 1 is 1.17 bits per heavy atom. The molecule has 0 radical (unpaired) electrons. The Balaban J connectivity index is 1.77. The second-order valence-corrected chi connectivity index (χ2v) is 9.60. The number of hydrogen-bond donors (Lipinski definition) is 1. The summed E-state index contributed by atoms with van der Waals surface area (Å²) in [7, 11) is 1.60. The number of methoxy groups -OCH3 is 1. The lowest BCUT2D eigenvalue weighted by atomic mass is 9.94. The molecule has 1 atom stereocenters. The van der Waals surface area contributed by atoms with Gasteiger partial charge in [-0.2, -0.15) is 0 Å². The maximum atomic E-state index is 13.9. The summed E-state index contributed by atoms with van der Waals surface area (Å²) in [6, 6.07) is 14.9. The molecule has 1 aliphatic rings. The molecular weight excluding hydrogens is 472 g/mol. The number of H-pyrrole nitrogens is 1. The molecule has 1 N–H and O–H groups in total. The monoisotopic (exact) mass is 500 g/mol. The van der Waals surface area contributed by atoms with Gasteiger partial charge in [-0.15, -0.1) is 0 Å². The quantitative estimate of drug-likeness (QED) is 0.439. The van der Waals surface area contributed by atoms with Gasteiger partial charge >= 0.3 is 0 Å². The summed E-state index contributed by atoms with van der Waals surface area (Å²) in [5.74, 6) is 0.497. The van der Waals surface area contributed by atoms with E-state index in [9.17, 15) is 9.59 Å². The maximum Gasteiger partial charge on any atom is 0.271 e. The molecule has 0 saturated heterocycles. The number of amides is 1. The average molecular weight is 501 g/mol. The van der Waals surface area contributed by atoms with E-state index >= 15 is 0 Å². The van der Waals surface area contributed by atoms with Crippen LogP contribution in [0.15, 0.2) is 75.8 Å². The number of nitrogens with one attached hydrogen (secondary N) is 1. The number of ether oxygens (including phenoxy) is 1. The minimum absolute atomic E-state index is 0.122. The third-order valence-electron chi connectivity index (χ3n) is 6.64. The van der Waals surface area contributed by atoms with Gasteiger partial charge in [-0.25, -0.2) is 4.99 Å². The number of benzene rings is 2. The van der Waals surface area contributed by atoms with Crippen molar-refractivity contribution >= 4 is 34.2 Å². The van der Waals surface area contributed by atoms with Crippen molar-refractivity contribution in [1.82, 2.24) is 14.5 Å². The van der Waals surface area contributed by atoms with Crippen LogP contribution in [-0.2, 0) is 4.79 Å². The number of hydrogen-bond acceptors (Lipinski definition) is 5. The van der Waals surface area contributed by atoms with Crippen molar-refractivity contribution in [2.24, 2.45) is 4.99 Å². The molecule has 0 saturated carbocycles. The molecule has 4 aromatic rings. The molecule has 8 heteroatoms. The topological polar surface area (TPSA) is 79.7 Å². The molecule has 5 rings (SSSR count). The summed E-state index contributed by atoms with van der Waals surface area (Å²) < 4.78 is 7.87. The van der Waals surface area contributed by atoms with Crippen LogP contribution in [0.1, 0.15) is 37.9 Å². The van der Waals surface area contributed by atoms with E-state index in [1.54, 1.807) is 16.6 Å². The van der Waals surface area contributed by atoms with Gasteiger partial charge in [-0.3, -0.25) is 14.2 Å². The van der Waals surface area contributed by atoms with Crippen LogP contribution in [0.3, 0.4) is 0 Å². The second-order valence-electron chi connectivity index (χ2n) is 8.59. The first-order valence-electron chi connectivity index (χ1n) is 12.0. The molecule has 0 aliphatic carbocycles. The van der Waals surface area contributed by atoms with Crippen molar-refractivity contribution in [3.8, 4) is 5.75 Å². The Hall–Kier alpha value is -3.91. The summed E-state index contributed by atoms with van der Waals surface area (Å²) in [4.78, 5) is 38.0. The summed E-state index contributed by atoms with van der Waals surface area (Å²) in [5.41, 5.74) is 3.62. The molecule has 7 nitrogen and oxygen atoms in total. The van der Waals surface area contributed by atoms with Crippen molar-refractivity contribution in [2.75, 3.05) is 20.2 Å². The molecule has 2 aromatic heterocycles. The zero-order valence-corrected chi connectivity index (χ0v) is 21.6. The lowest BCUT2D eigenvalue weighted by molar-refractivity contribution is -0.127. The fraction of sp³-hybridized carbons (Fsp3) is 0.250. The number of thiazole rings is 1. The van der Waals surface area contributed by atoms with E-state index in [0.29, 0.717) is 39.4 Å². The molecule has 0 unspecified atom stereocenters. The number of likely N-dealkylation sites (N-methyl/N-ethyl adjacent to an activating group) is 1. The van der Waals surface area contributed by atoms with E-state index in [2.05, 4.69) is 4.98 Å². The largest absolute Gasteiger partial charge is 0.496 e. The SMILES string of the molecule is CCN(CC)C(=O)C1=C(C)N=c2s/c(=C/c3c[nH]c4ccccc34)c(=O)n2[C@H]1c1ccccc1OC. The van der Waals surface area contributed by atoms with Crippen LogP contribution in [0.4, 0.5) is 0 Å². The lowest BCUT2D eigenvalue weighted by Crippen LogP contribution is -2.43. The zero-order chi connectivity index (χ0) is 25.4. The van der Waals surface area contributed by atoms with Crippen molar-refractivity contribution in [3.63, 3.8) is 0 Å². The van der Waals surface area contributed by atoms with E-state index in [0.717, 1.165) is 22.0 Å². The molecule has 184 valence electrons. The van der Waals surface area contributed by atoms with Crippen molar-refractivity contribution < 1.29 is 9.53 Å². The van der Waals surface area contributed by atoms with Crippen LogP contribution in [0.2, 0.25) is 0 Å². The summed E-state index contributed by atoms with van der Waals surface area (Å²) in [6.07, 6.45) is 3.80. The Labute approximate surface area is 212 Å². The average Bonchev–Trinajstić information content (AvgIpc) is 3.44. The number of allylic oxidation sites excluding steroid dienone is 1. The van der Waals surface area contributed by atoms with E-state index in [4.69, 9.17) is 9.73 Å². The van der Waals surface area contributed by atoms with Crippen molar-refractivity contribution in [2.45, 2.75) is 26.8 Å². The van der Waals surface area contributed by atoms with E-state index in [-0.39, 0.29) is 11.5 Å². The van der Waals surface area contributed by atoms with Crippen LogP contribution in [0.25, 0.3) is 17.0 Å². The van der Waals surface area contributed by atoms with Gasteiger partial charge in [0, 0.05) is 41.3 Å². The predicted octanol–water partition coefficient (Wildman–Crippen LogP) is 3.59. The third-order valence-corrected chi connectivity index (χ3v) is 7.63. The number of rotatable bonds is 6. The van der Waals surface area contributed by atoms with Gasteiger partial charge < -0.3 is 14.6 Å². The highest BCUT2D eigenvalue weighted by Crippen LogP contribution is 2.36. The van der Waals surface area contributed by atoms with Crippen LogP contribution in [0, 0.1) is 0 Å². The number of aromatic amines is 1. The van der Waals surface area contributed by atoms with Crippen molar-refractivity contribution in [3.05, 3.63) is 96.8 Å². The van der Waals surface area contributed by atoms with Gasteiger partial charge in [-0.1, -0.05) is 47.7 Å². The Kier molecular flexibility index (Phi) is 6.36. The second kappa shape index (κ2) is 9.62. The minimum Gasteiger partial charge on any atom is -0.496 e. The summed E-state index contributed by atoms with van der Waals surface area (Å²) in [5, 5.41) is 1.04. The summed E-state index contributed by atoms with van der Waals surface area (Å²) >= 11 is 1.33. The number of carbonyl (C=O) groups excluding carboxylic acids is 1. The highest BCUT2D eigenvalue weighted by Gasteiger charge is 2.35. The van der Waals surface area contributed by atoms with Crippen LogP contribution in [0.5, 0.6) is 5.75 Å². The number of para-hydroxylation sites is 2. The fourth-order valence-electron chi connectivity index (χ4n) is 4.82. The Bertz CT molecular complexity index is 1670. The summed E-state index contributed by atoms with van der Waals surface area (Å²) in [6.45, 7) is 6.87. The molecule has 1 aliphatic heterocycles. The highest BCUT2D eigenvalue weighted by atomic mass is 32.1. The number of fused-ring (bicyclic) bond motifs is 2. The van der Waals surface area contributed by atoms with Gasteiger partial charge in [0.05, 0.1) is 22.9 Å². The van der Waals surface area contributed by atoms with Gasteiger partial charge in [0.2, 0.25) is 0 Å². The standard InChI is InChI=1S/C28H28N4O3S/c1-5-31(6-2)27(34)24-17(3)30-28-32(25(24)20-12-8-10-14-22(20)35-4)26(33)23(36-28)15-18-16-29-21-13-9-7-11-19(18)21/h7-16,25,29H,5-6H2,1-4H3/b23-15+/t25-/m0/s1. The van der Waals surface area contributed by atoms with E-state index < -0.39 is 6.04 Å². The molecule has 0 spiro atoms. The molecule has 36 heavy (non-hydrogen) atoms. The number of carbonyl (C=O) groups is 1. The fourth-order valence-corrected chi connectivity index (χ4v) is 5.85. The molecule has 2 aromatic carbocycles. The molecular formula is C28H28N4O3S. The van der Waals surface area contributed by atoms with Gasteiger partial charge in [0.25, 0.3) is 11.5 Å². The normalized spacial score (nSPS) is 15.7. The first-order chi connectivity index (χ1) is 17.5. The van der Waals surface area contributed by atoms with Gasteiger partial charge in [0.1, 0.15) is 11.8 Å². The number of nitrogens with zero attached hydrogens (tertiary/aromatic N) is 3. The van der Waals surface area contributed by atoms with E-state index in [1.807, 2.05) is 81.6 Å². The van der Waals surface area contributed by atoms with Gasteiger partial charge in [0.15, 0.2) is 4.80 Å². The molecule has 1 amide bonds. The first kappa shape index (κ1) is 23.8. The number of aromatic nitrogens is 2. The maximum absolute atomic E-state index is 13.9. The van der Waals surface area contributed by atoms with Gasteiger partial charge in [-0.05, 0) is 39.0 Å². The molecule has 3 heterocycles. The zero-order valence-electron chi connectivity index (χ0n) is 20.7. The lowest BCUT2D eigenvalue weighted by Gasteiger charge is -2.29. The van der Waals surface area contributed by atoms with Crippen LogP contribution >= 0.6 is 11.3 Å². The first-order valence-corrected chi connectivity index (χ1v) is 12.8. The van der Waals surface area contributed by atoms with Crippen molar-refractivity contribution in [1.29, 1.82) is 0 Å². The Morgan fingerprint density at radius 3 is 2.64 bits per heavy atom. The molecule has 0 fully saturated rings. The van der Waals surface area contributed by atoms with Crippen LogP contribution in [-0.4, -0.2) is 40.6 Å². The predicted molar refractivity (Wildman–Crippen MR) is 143 cm³/mol. The minimum atomic E-state index is -0.643. The third kappa shape index (κ3) is 3.87. The van der Waals surface area contributed by atoms with Crippen LogP contribution < -0.4 is 19.6 Å². The van der Waals surface area contributed by atoms with E-state index in [1.165, 1.54) is 11.3 Å². The highest BCUT2D eigenvalue weighted by molar-refractivity contribution is 7.07. The molecule has 0 bridgehead atoms.